The van der Waals surface area contributed by atoms with Crippen molar-refractivity contribution in [3.63, 3.8) is 0 Å². The zero-order valence-electron chi connectivity index (χ0n) is 14.6. The van der Waals surface area contributed by atoms with Crippen molar-refractivity contribution in [1.29, 1.82) is 0 Å². The zero-order valence-corrected chi connectivity index (χ0v) is 16.2. The lowest BCUT2D eigenvalue weighted by atomic mass is 10.0. The Morgan fingerprint density at radius 1 is 1.12 bits per heavy atom. The highest BCUT2D eigenvalue weighted by molar-refractivity contribution is 9.10. The minimum Gasteiger partial charge on any atom is -0.370 e. The van der Waals surface area contributed by atoms with E-state index in [9.17, 15) is 9.59 Å². The van der Waals surface area contributed by atoms with Gasteiger partial charge in [-0.2, -0.15) is 0 Å². The molecule has 3 rings (SSSR count). The third-order valence-electron chi connectivity index (χ3n) is 4.66. The Morgan fingerprint density at radius 2 is 1.81 bits per heavy atom. The lowest BCUT2D eigenvalue weighted by Crippen LogP contribution is -3.18. The molecule has 6 heteroatoms. The Bertz CT molecular complexity index is 789. The van der Waals surface area contributed by atoms with Crippen LogP contribution in [0.1, 0.15) is 22.8 Å². The molecule has 1 fully saturated rings. The van der Waals surface area contributed by atoms with Crippen molar-refractivity contribution in [3.8, 4) is 0 Å². The number of anilines is 1. The molecule has 0 saturated carbocycles. The second-order valence-corrected chi connectivity index (χ2v) is 7.28. The van der Waals surface area contributed by atoms with Gasteiger partial charge in [0, 0.05) is 15.6 Å². The van der Waals surface area contributed by atoms with Crippen LogP contribution in [0.15, 0.2) is 53.0 Å². The van der Waals surface area contributed by atoms with E-state index in [0.717, 1.165) is 17.6 Å². The van der Waals surface area contributed by atoms with Gasteiger partial charge in [0.05, 0.1) is 18.9 Å². The Labute approximate surface area is 161 Å². The first-order valence-corrected chi connectivity index (χ1v) is 9.48. The molecule has 1 heterocycles. The van der Waals surface area contributed by atoms with Gasteiger partial charge in [-0.15, -0.1) is 0 Å². The van der Waals surface area contributed by atoms with Crippen LogP contribution in [-0.4, -0.2) is 44.0 Å². The second-order valence-electron chi connectivity index (χ2n) is 6.37. The fraction of sp³-hybridized carbons (Fsp3) is 0.300. The maximum absolute atomic E-state index is 12.9. The van der Waals surface area contributed by atoms with Gasteiger partial charge in [0.25, 0.3) is 5.91 Å². The smallest absolute Gasteiger partial charge is 0.282 e. The fourth-order valence-electron chi connectivity index (χ4n) is 3.05. The van der Waals surface area contributed by atoms with Gasteiger partial charge in [0.1, 0.15) is 13.1 Å². The molecule has 1 aliphatic heterocycles. The number of nitrogens with one attached hydrogen (secondary N) is 2. The Balaban J connectivity index is 1.81. The van der Waals surface area contributed by atoms with Gasteiger partial charge in [-0.3, -0.25) is 9.59 Å². The monoisotopic (exact) mass is 417 g/mol. The molecule has 2 aromatic carbocycles. The highest BCUT2D eigenvalue weighted by Gasteiger charge is 2.28. The molecule has 1 atom stereocenters. The van der Waals surface area contributed by atoms with E-state index >= 15 is 0 Å². The predicted octanol–water partition coefficient (Wildman–Crippen LogP) is 1.92. The number of morpholine rings is 1. The SMILES string of the molecule is C[C@@H](C(=O)Nc1ccc(Br)cc1C(=O)c1ccccc1)[NH+]1CCOCC1. The van der Waals surface area contributed by atoms with Crippen LogP contribution in [0.25, 0.3) is 0 Å². The Kier molecular flexibility index (Phi) is 6.19. The molecule has 0 unspecified atom stereocenters. The van der Waals surface area contributed by atoms with Crippen LogP contribution in [-0.2, 0) is 9.53 Å². The summed E-state index contributed by atoms with van der Waals surface area (Å²) in [6.07, 6.45) is 0. The largest absolute Gasteiger partial charge is 0.370 e. The highest BCUT2D eigenvalue weighted by atomic mass is 79.9. The zero-order chi connectivity index (χ0) is 18.5. The molecule has 0 aromatic heterocycles. The Morgan fingerprint density at radius 3 is 2.50 bits per heavy atom. The van der Waals surface area contributed by atoms with Crippen molar-refractivity contribution < 1.29 is 19.2 Å². The summed E-state index contributed by atoms with van der Waals surface area (Å²) in [4.78, 5) is 26.8. The predicted molar refractivity (Wildman–Crippen MR) is 104 cm³/mol. The summed E-state index contributed by atoms with van der Waals surface area (Å²) < 4.78 is 6.15. The van der Waals surface area contributed by atoms with Crippen LogP contribution in [0.5, 0.6) is 0 Å². The number of amides is 1. The number of carbonyl (C=O) groups excluding carboxylic acids is 2. The maximum atomic E-state index is 12.9. The summed E-state index contributed by atoms with van der Waals surface area (Å²) in [6.45, 7) is 4.87. The first-order chi connectivity index (χ1) is 12.6. The number of halogens is 1. The van der Waals surface area contributed by atoms with E-state index in [1.54, 1.807) is 24.3 Å². The summed E-state index contributed by atoms with van der Waals surface area (Å²) in [7, 11) is 0. The first-order valence-electron chi connectivity index (χ1n) is 8.69. The molecule has 1 amide bonds. The van der Waals surface area contributed by atoms with E-state index in [0.29, 0.717) is 30.0 Å². The topological polar surface area (TPSA) is 59.8 Å². The molecule has 2 N–H and O–H groups in total. The summed E-state index contributed by atoms with van der Waals surface area (Å²) in [5, 5.41) is 2.94. The normalized spacial score (nSPS) is 16.1. The van der Waals surface area contributed by atoms with Gasteiger partial charge >= 0.3 is 0 Å². The average Bonchev–Trinajstić information content (AvgIpc) is 2.69. The molecule has 0 bridgehead atoms. The second kappa shape index (κ2) is 8.58. The molecule has 0 aliphatic carbocycles. The number of benzene rings is 2. The van der Waals surface area contributed by atoms with Crippen LogP contribution < -0.4 is 10.2 Å². The van der Waals surface area contributed by atoms with E-state index < -0.39 is 0 Å². The average molecular weight is 418 g/mol. The minimum absolute atomic E-state index is 0.0914. The van der Waals surface area contributed by atoms with Crippen LogP contribution in [0, 0.1) is 0 Å². The standard InChI is InChI=1S/C20H21BrN2O3/c1-14(23-9-11-26-12-10-23)20(25)22-18-8-7-16(21)13-17(18)19(24)15-5-3-2-4-6-15/h2-8,13-14H,9-12H2,1H3,(H,22,25)/p+1/t14-/m0/s1. The van der Waals surface area contributed by atoms with Crippen molar-refractivity contribution in [2.24, 2.45) is 0 Å². The van der Waals surface area contributed by atoms with Gasteiger partial charge < -0.3 is 15.0 Å². The van der Waals surface area contributed by atoms with Crippen molar-refractivity contribution in [3.05, 3.63) is 64.1 Å². The lowest BCUT2D eigenvalue weighted by Gasteiger charge is -2.28. The summed E-state index contributed by atoms with van der Waals surface area (Å²) >= 11 is 3.41. The van der Waals surface area contributed by atoms with Gasteiger partial charge in [-0.25, -0.2) is 0 Å². The molecule has 1 aliphatic rings. The number of hydrogen-bond donors (Lipinski definition) is 2. The first kappa shape index (κ1) is 18.8. The molecule has 2 aromatic rings. The van der Waals surface area contributed by atoms with Gasteiger partial charge in [-0.1, -0.05) is 46.3 Å². The van der Waals surface area contributed by atoms with Gasteiger partial charge in [0.15, 0.2) is 11.8 Å². The van der Waals surface area contributed by atoms with Gasteiger partial charge in [0.2, 0.25) is 0 Å². The van der Waals surface area contributed by atoms with Gasteiger partial charge in [-0.05, 0) is 25.1 Å². The number of carbonyl (C=O) groups is 2. The van der Waals surface area contributed by atoms with E-state index in [4.69, 9.17) is 4.74 Å². The van der Waals surface area contributed by atoms with E-state index in [2.05, 4.69) is 21.2 Å². The van der Waals surface area contributed by atoms with E-state index in [1.807, 2.05) is 31.2 Å². The van der Waals surface area contributed by atoms with E-state index in [1.165, 1.54) is 4.90 Å². The van der Waals surface area contributed by atoms with Crippen LogP contribution >= 0.6 is 15.9 Å². The molecule has 136 valence electrons. The molecule has 0 radical (unpaired) electrons. The molecule has 0 spiro atoms. The van der Waals surface area contributed by atoms with Crippen LogP contribution in [0.4, 0.5) is 5.69 Å². The van der Waals surface area contributed by atoms with Crippen LogP contribution in [0.2, 0.25) is 0 Å². The molecular formula is C20H22BrN2O3+. The summed E-state index contributed by atoms with van der Waals surface area (Å²) in [6, 6.07) is 14.2. The fourth-order valence-corrected chi connectivity index (χ4v) is 3.41. The van der Waals surface area contributed by atoms with E-state index in [-0.39, 0.29) is 17.7 Å². The van der Waals surface area contributed by atoms with Crippen molar-refractivity contribution in [2.75, 3.05) is 31.6 Å². The number of quaternary nitrogens is 1. The quantitative estimate of drug-likeness (QED) is 0.730. The third-order valence-corrected chi connectivity index (χ3v) is 5.15. The number of ketones is 1. The summed E-state index contributed by atoms with van der Waals surface area (Å²) in [5.74, 6) is -0.208. The highest BCUT2D eigenvalue weighted by Crippen LogP contribution is 2.24. The lowest BCUT2D eigenvalue weighted by molar-refractivity contribution is -0.921. The third kappa shape index (κ3) is 4.38. The molecule has 5 nitrogen and oxygen atoms in total. The number of rotatable bonds is 5. The number of ether oxygens (including phenoxy) is 1. The Hall–Kier alpha value is -2.02. The van der Waals surface area contributed by atoms with Crippen molar-refractivity contribution in [1.82, 2.24) is 0 Å². The maximum Gasteiger partial charge on any atom is 0.282 e. The molecule has 26 heavy (non-hydrogen) atoms. The van der Waals surface area contributed by atoms with Crippen LogP contribution in [0.3, 0.4) is 0 Å². The molecular weight excluding hydrogens is 396 g/mol. The van der Waals surface area contributed by atoms with Crippen molar-refractivity contribution in [2.45, 2.75) is 13.0 Å². The molecule has 1 saturated heterocycles. The minimum atomic E-state index is -0.206. The van der Waals surface area contributed by atoms with Crippen molar-refractivity contribution >= 4 is 33.3 Å². The number of hydrogen-bond acceptors (Lipinski definition) is 3. The summed E-state index contributed by atoms with van der Waals surface area (Å²) in [5.41, 5.74) is 1.60.